The maximum Gasteiger partial charge on any atom is 0.253 e. The molecule has 0 atom stereocenters. The standard InChI is InChI=1S/C20H23NO2/c1-2-13-21(15-16-11-12-16)20(22)17-7-6-10-19(14-17)23-18-8-4-3-5-9-18/h3-10,14,16H,2,11-13,15H2,1H3. The van der Waals surface area contributed by atoms with Crippen LogP contribution in [0.3, 0.4) is 0 Å². The molecule has 0 radical (unpaired) electrons. The summed E-state index contributed by atoms with van der Waals surface area (Å²) >= 11 is 0. The topological polar surface area (TPSA) is 29.5 Å². The first-order chi connectivity index (χ1) is 11.3. The lowest BCUT2D eigenvalue weighted by Crippen LogP contribution is -2.33. The summed E-state index contributed by atoms with van der Waals surface area (Å²) in [5.41, 5.74) is 0.701. The second-order valence-electron chi connectivity index (χ2n) is 6.14. The minimum atomic E-state index is 0.109. The predicted molar refractivity (Wildman–Crippen MR) is 91.9 cm³/mol. The van der Waals surface area contributed by atoms with Crippen LogP contribution in [0.2, 0.25) is 0 Å². The average Bonchev–Trinajstić information content (AvgIpc) is 3.39. The lowest BCUT2D eigenvalue weighted by molar-refractivity contribution is 0.0747. The van der Waals surface area contributed by atoms with Crippen LogP contribution in [-0.4, -0.2) is 23.9 Å². The molecule has 1 aliphatic rings. The molecule has 0 saturated heterocycles. The molecule has 1 aliphatic carbocycles. The van der Waals surface area contributed by atoms with Gasteiger partial charge in [0.1, 0.15) is 11.5 Å². The second-order valence-corrected chi connectivity index (χ2v) is 6.14. The van der Waals surface area contributed by atoms with E-state index < -0.39 is 0 Å². The Morgan fingerprint density at radius 2 is 1.83 bits per heavy atom. The van der Waals surface area contributed by atoms with Gasteiger partial charge in [-0.25, -0.2) is 0 Å². The molecule has 2 aromatic carbocycles. The van der Waals surface area contributed by atoms with Crippen molar-refractivity contribution < 1.29 is 9.53 Å². The number of nitrogens with zero attached hydrogens (tertiary/aromatic N) is 1. The summed E-state index contributed by atoms with van der Waals surface area (Å²) in [5.74, 6) is 2.29. The molecule has 0 heterocycles. The average molecular weight is 309 g/mol. The zero-order valence-corrected chi connectivity index (χ0v) is 13.6. The van der Waals surface area contributed by atoms with Gasteiger partial charge < -0.3 is 9.64 Å². The maximum atomic E-state index is 12.8. The second kappa shape index (κ2) is 7.32. The molecule has 3 heteroatoms. The van der Waals surface area contributed by atoms with Gasteiger partial charge in [0.25, 0.3) is 5.91 Å². The van der Waals surface area contributed by atoms with Crippen LogP contribution in [0.25, 0.3) is 0 Å². The molecule has 2 aromatic rings. The molecule has 1 amide bonds. The van der Waals surface area contributed by atoms with E-state index in [0.717, 1.165) is 25.3 Å². The Morgan fingerprint density at radius 1 is 1.09 bits per heavy atom. The van der Waals surface area contributed by atoms with Crippen molar-refractivity contribution in [3.8, 4) is 11.5 Å². The van der Waals surface area contributed by atoms with Gasteiger partial charge in [0.15, 0.2) is 0 Å². The van der Waals surface area contributed by atoms with Crippen LogP contribution in [0.5, 0.6) is 11.5 Å². The van der Waals surface area contributed by atoms with E-state index >= 15 is 0 Å². The Morgan fingerprint density at radius 3 is 2.52 bits per heavy atom. The quantitative estimate of drug-likeness (QED) is 0.739. The van der Waals surface area contributed by atoms with E-state index in [9.17, 15) is 4.79 Å². The van der Waals surface area contributed by atoms with E-state index in [1.165, 1.54) is 12.8 Å². The third-order valence-corrected chi connectivity index (χ3v) is 4.02. The SMILES string of the molecule is CCCN(CC1CC1)C(=O)c1cccc(Oc2ccccc2)c1. The number of amides is 1. The molecular weight excluding hydrogens is 286 g/mol. The molecule has 0 bridgehead atoms. The number of hydrogen-bond donors (Lipinski definition) is 0. The van der Waals surface area contributed by atoms with E-state index in [4.69, 9.17) is 4.74 Å². The molecule has 0 aromatic heterocycles. The molecule has 3 rings (SSSR count). The van der Waals surface area contributed by atoms with Crippen molar-refractivity contribution in [1.82, 2.24) is 4.90 Å². The largest absolute Gasteiger partial charge is 0.457 e. The lowest BCUT2D eigenvalue weighted by atomic mass is 10.1. The van der Waals surface area contributed by atoms with Crippen LogP contribution in [-0.2, 0) is 0 Å². The van der Waals surface area contributed by atoms with E-state index in [-0.39, 0.29) is 5.91 Å². The molecular formula is C20H23NO2. The van der Waals surface area contributed by atoms with Gasteiger partial charge in [0.2, 0.25) is 0 Å². The first kappa shape index (κ1) is 15.6. The summed E-state index contributed by atoms with van der Waals surface area (Å²) in [6.45, 7) is 3.82. The fourth-order valence-corrected chi connectivity index (χ4v) is 2.66. The minimum Gasteiger partial charge on any atom is -0.457 e. The summed E-state index contributed by atoms with van der Waals surface area (Å²) in [7, 11) is 0. The van der Waals surface area contributed by atoms with Crippen molar-refractivity contribution in [2.75, 3.05) is 13.1 Å². The molecule has 1 saturated carbocycles. The van der Waals surface area contributed by atoms with E-state index in [2.05, 4.69) is 6.92 Å². The number of para-hydroxylation sites is 1. The van der Waals surface area contributed by atoms with E-state index in [1.807, 2.05) is 59.5 Å². The zero-order chi connectivity index (χ0) is 16.1. The van der Waals surface area contributed by atoms with Gasteiger partial charge in [-0.1, -0.05) is 31.2 Å². The minimum absolute atomic E-state index is 0.109. The van der Waals surface area contributed by atoms with Gasteiger partial charge in [-0.3, -0.25) is 4.79 Å². The van der Waals surface area contributed by atoms with Gasteiger partial charge in [-0.2, -0.15) is 0 Å². The van der Waals surface area contributed by atoms with Gasteiger partial charge in [-0.05, 0) is 55.5 Å². The summed E-state index contributed by atoms with van der Waals surface area (Å²) in [4.78, 5) is 14.8. The Balaban J connectivity index is 1.73. The number of hydrogen-bond acceptors (Lipinski definition) is 2. The highest BCUT2D eigenvalue weighted by Gasteiger charge is 2.26. The Kier molecular flexibility index (Phi) is 4.96. The molecule has 120 valence electrons. The molecule has 23 heavy (non-hydrogen) atoms. The highest BCUT2D eigenvalue weighted by atomic mass is 16.5. The molecule has 0 aliphatic heterocycles. The van der Waals surface area contributed by atoms with Gasteiger partial charge in [-0.15, -0.1) is 0 Å². The molecule has 0 N–H and O–H groups in total. The normalized spacial score (nSPS) is 13.6. The van der Waals surface area contributed by atoms with Gasteiger partial charge in [0, 0.05) is 18.7 Å². The lowest BCUT2D eigenvalue weighted by Gasteiger charge is -2.22. The highest BCUT2D eigenvalue weighted by molar-refractivity contribution is 5.94. The van der Waals surface area contributed by atoms with Crippen LogP contribution < -0.4 is 4.74 Å². The predicted octanol–water partition coefficient (Wildman–Crippen LogP) is 4.74. The Bertz CT molecular complexity index is 650. The number of rotatable bonds is 7. The van der Waals surface area contributed by atoms with Crippen LogP contribution >= 0.6 is 0 Å². The zero-order valence-electron chi connectivity index (χ0n) is 13.6. The molecule has 0 unspecified atom stereocenters. The van der Waals surface area contributed by atoms with Crippen LogP contribution in [0.4, 0.5) is 0 Å². The first-order valence-corrected chi connectivity index (χ1v) is 8.38. The van der Waals surface area contributed by atoms with Gasteiger partial charge in [0.05, 0.1) is 0 Å². The van der Waals surface area contributed by atoms with Gasteiger partial charge >= 0.3 is 0 Å². The molecule has 0 spiro atoms. The van der Waals surface area contributed by atoms with Crippen molar-refractivity contribution in [2.45, 2.75) is 26.2 Å². The van der Waals surface area contributed by atoms with Crippen molar-refractivity contribution in [2.24, 2.45) is 5.92 Å². The van der Waals surface area contributed by atoms with Crippen molar-refractivity contribution in [3.05, 3.63) is 60.2 Å². The smallest absolute Gasteiger partial charge is 0.253 e. The van der Waals surface area contributed by atoms with Crippen molar-refractivity contribution in [3.63, 3.8) is 0 Å². The van der Waals surface area contributed by atoms with Crippen LogP contribution in [0.15, 0.2) is 54.6 Å². The third kappa shape index (κ3) is 4.35. The van der Waals surface area contributed by atoms with Crippen LogP contribution in [0.1, 0.15) is 36.5 Å². The summed E-state index contributed by atoms with van der Waals surface area (Å²) in [6, 6.07) is 17.1. The fraction of sp³-hybridized carbons (Fsp3) is 0.350. The Labute approximate surface area is 137 Å². The van der Waals surface area contributed by atoms with Crippen LogP contribution in [0, 0.1) is 5.92 Å². The fourth-order valence-electron chi connectivity index (χ4n) is 2.66. The monoisotopic (exact) mass is 309 g/mol. The highest BCUT2D eigenvalue weighted by Crippen LogP contribution is 2.30. The third-order valence-electron chi connectivity index (χ3n) is 4.02. The Hall–Kier alpha value is -2.29. The number of carbonyl (C=O) groups excluding carboxylic acids is 1. The summed E-state index contributed by atoms with van der Waals surface area (Å²) < 4.78 is 5.83. The van der Waals surface area contributed by atoms with Crippen molar-refractivity contribution in [1.29, 1.82) is 0 Å². The number of benzene rings is 2. The van der Waals surface area contributed by atoms with E-state index in [0.29, 0.717) is 17.2 Å². The first-order valence-electron chi connectivity index (χ1n) is 8.38. The summed E-state index contributed by atoms with van der Waals surface area (Å²) in [5, 5.41) is 0. The number of carbonyl (C=O) groups is 1. The summed E-state index contributed by atoms with van der Waals surface area (Å²) in [6.07, 6.45) is 3.49. The van der Waals surface area contributed by atoms with E-state index in [1.54, 1.807) is 0 Å². The molecule has 1 fully saturated rings. The van der Waals surface area contributed by atoms with Crippen molar-refractivity contribution >= 4 is 5.91 Å². The number of ether oxygens (including phenoxy) is 1. The molecule has 3 nitrogen and oxygen atoms in total. The maximum absolute atomic E-state index is 12.8.